The molecule has 0 aromatic heterocycles. The van der Waals surface area contributed by atoms with E-state index in [-0.39, 0.29) is 5.91 Å². The summed E-state index contributed by atoms with van der Waals surface area (Å²) in [6.45, 7) is 6.67. The number of anilines is 2. The SMILES string of the molecule is Cc1ccccc1/C=C/C(=O)O[C@@H](C)C(=O)Nc1ccc(N2CCOCC2)cc1. The van der Waals surface area contributed by atoms with Crippen LogP contribution >= 0.6 is 0 Å². The van der Waals surface area contributed by atoms with Crippen LogP contribution in [0.2, 0.25) is 0 Å². The largest absolute Gasteiger partial charge is 0.449 e. The fourth-order valence-electron chi connectivity index (χ4n) is 3.02. The van der Waals surface area contributed by atoms with Crippen LogP contribution in [0.25, 0.3) is 6.08 Å². The van der Waals surface area contributed by atoms with E-state index in [4.69, 9.17) is 9.47 Å². The Hall–Kier alpha value is -3.12. The van der Waals surface area contributed by atoms with Crippen molar-refractivity contribution in [3.8, 4) is 0 Å². The number of nitrogens with one attached hydrogen (secondary N) is 1. The first kappa shape index (κ1) is 20.6. The average Bonchev–Trinajstić information content (AvgIpc) is 2.74. The fourth-order valence-corrected chi connectivity index (χ4v) is 3.02. The number of carbonyl (C=O) groups excluding carboxylic acids is 2. The summed E-state index contributed by atoms with van der Waals surface area (Å²) >= 11 is 0. The molecule has 1 aliphatic rings. The molecule has 2 aromatic carbocycles. The van der Waals surface area contributed by atoms with Crippen LogP contribution < -0.4 is 10.2 Å². The Morgan fingerprint density at radius 3 is 2.48 bits per heavy atom. The van der Waals surface area contributed by atoms with E-state index in [1.807, 2.05) is 55.5 Å². The molecule has 1 amide bonds. The Morgan fingerprint density at radius 1 is 1.10 bits per heavy atom. The van der Waals surface area contributed by atoms with E-state index in [2.05, 4.69) is 10.2 Å². The monoisotopic (exact) mass is 394 g/mol. The van der Waals surface area contributed by atoms with Gasteiger partial charge >= 0.3 is 5.97 Å². The van der Waals surface area contributed by atoms with Crippen molar-refractivity contribution < 1.29 is 19.1 Å². The summed E-state index contributed by atoms with van der Waals surface area (Å²) in [5, 5.41) is 2.78. The Morgan fingerprint density at radius 2 is 1.79 bits per heavy atom. The van der Waals surface area contributed by atoms with Gasteiger partial charge in [0.2, 0.25) is 0 Å². The molecule has 0 radical (unpaired) electrons. The Kier molecular flexibility index (Phi) is 7.03. The normalized spacial score (nSPS) is 15.2. The summed E-state index contributed by atoms with van der Waals surface area (Å²) in [5.41, 5.74) is 3.74. The molecule has 0 spiro atoms. The first-order valence-corrected chi connectivity index (χ1v) is 9.71. The van der Waals surface area contributed by atoms with Crippen molar-refractivity contribution in [1.82, 2.24) is 0 Å². The van der Waals surface area contributed by atoms with Gasteiger partial charge in [-0.1, -0.05) is 24.3 Å². The average molecular weight is 394 g/mol. The Balaban J connectivity index is 1.50. The number of hydrogen-bond donors (Lipinski definition) is 1. The number of carbonyl (C=O) groups is 2. The zero-order valence-electron chi connectivity index (χ0n) is 16.8. The van der Waals surface area contributed by atoms with E-state index in [1.54, 1.807) is 13.0 Å². The van der Waals surface area contributed by atoms with Crippen LogP contribution in [0.3, 0.4) is 0 Å². The summed E-state index contributed by atoms with van der Waals surface area (Å²) in [5.74, 6) is -0.930. The smallest absolute Gasteiger partial charge is 0.331 e. The number of aryl methyl sites for hydroxylation is 1. The van der Waals surface area contributed by atoms with Gasteiger partial charge in [-0.3, -0.25) is 4.79 Å². The first-order valence-electron chi connectivity index (χ1n) is 9.71. The third kappa shape index (κ3) is 5.93. The van der Waals surface area contributed by atoms with Crippen LogP contribution in [0.4, 0.5) is 11.4 Å². The van der Waals surface area contributed by atoms with Crippen molar-refractivity contribution in [2.24, 2.45) is 0 Å². The molecule has 152 valence electrons. The fraction of sp³-hybridized carbons (Fsp3) is 0.304. The van der Waals surface area contributed by atoms with Gasteiger partial charge < -0.3 is 19.7 Å². The lowest BCUT2D eigenvalue weighted by Crippen LogP contribution is -2.36. The molecular weight excluding hydrogens is 368 g/mol. The highest BCUT2D eigenvalue weighted by atomic mass is 16.5. The van der Waals surface area contributed by atoms with E-state index in [0.29, 0.717) is 5.69 Å². The number of benzene rings is 2. The Bertz CT molecular complexity index is 871. The molecule has 0 unspecified atom stereocenters. The van der Waals surface area contributed by atoms with Gasteiger partial charge in [0.15, 0.2) is 6.10 Å². The highest BCUT2D eigenvalue weighted by molar-refractivity contribution is 5.96. The van der Waals surface area contributed by atoms with Crippen molar-refractivity contribution in [1.29, 1.82) is 0 Å². The van der Waals surface area contributed by atoms with Crippen LogP contribution in [0.1, 0.15) is 18.1 Å². The minimum Gasteiger partial charge on any atom is -0.449 e. The molecule has 29 heavy (non-hydrogen) atoms. The second-order valence-electron chi connectivity index (χ2n) is 6.90. The van der Waals surface area contributed by atoms with Crippen LogP contribution in [-0.4, -0.2) is 44.3 Å². The molecule has 1 N–H and O–H groups in total. The van der Waals surface area contributed by atoms with Gasteiger partial charge in [-0.25, -0.2) is 4.79 Å². The van der Waals surface area contributed by atoms with E-state index in [9.17, 15) is 9.59 Å². The van der Waals surface area contributed by atoms with E-state index < -0.39 is 12.1 Å². The lowest BCUT2D eigenvalue weighted by atomic mass is 10.1. The molecule has 6 nitrogen and oxygen atoms in total. The van der Waals surface area contributed by atoms with Crippen molar-refractivity contribution in [2.75, 3.05) is 36.5 Å². The molecule has 0 bridgehead atoms. The van der Waals surface area contributed by atoms with Crippen molar-refractivity contribution >= 4 is 29.3 Å². The van der Waals surface area contributed by atoms with E-state index >= 15 is 0 Å². The summed E-state index contributed by atoms with van der Waals surface area (Å²) in [6.07, 6.45) is 2.12. The van der Waals surface area contributed by atoms with Gasteiger partial charge in [-0.2, -0.15) is 0 Å². The van der Waals surface area contributed by atoms with Gasteiger partial charge in [0, 0.05) is 30.5 Å². The molecule has 6 heteroatoms. The zero-order valence-corrected chi connectivity index (χ0v) is 16.8. The van der Waals surface area contributed by atoms with Crippen LogP contribution in [0, 0.1) is 6.92 Å². The molecular formula is C23H26N2O4. The molecule has 1 aliphatic heterocycles. The zero-order chi connectivity index (χ0) is 20.6. The van der Waals surface area contributed by atoms with Crippen molar-refractivity contribution in [2.45, 2.75) is 20.0 Å². The number of esters is 1. The van der Waals surface area contributed by atoms with Crippen molar-refractivity contribution in [3.63, 3.8) is 0 Å². The summed E-state index contributed by atoms with van der Waals surface area (Å²) in [6, 6.07) is 15.3. The molecule has 1 heterocycles. The molecule has 1 saturated heterocycles. The molecule has 1 fully saturated rings. The second kappa shape index (κ2) is 9.89. The lowest BCUT2D eigenvalue weighted by molar-refractivity contribution is -0.148. The van der Waals surface area contributed by atoms with Gasteiger partial charge in [-0.05, 0) is 55.3 Å². The number of amides is 1. The summed E-state index contributed by atoms with van der Waals surface area (Å²) < 4.78 is 10.6. The molecule has 0 aliphatic carbocycles. The predicted molar refractivity (Wildman–Crippen MR) is 114 cm³/mol. The third-order valence-electron chi connectivity index (χ3n) is 4.76. The van der Waals surface area contributed by atoms with Gasteiger partial charge in [0.05, 0.1) is 13.2 Å². The maximum atomic E-state index is 12.3. The maximum Gasteiger partial charge on any atom is 0.331 e. The number of hydrogen-bond acceptors (Lipinski definition) is 5. The van der Waals surface area contributed by atoms with Gasteiger partial charge in [0.25, 0.3) is 5.91 Å². The van der Waals surface area contributed by atoms with Crippen LogP contribution in [0.5, 0.6) is 0 Å². The predicted octanol–water partition coefficient (Wildman–Crippen LogP) is 3.42. The highest BCUT2D eigenvalue weighted by Crippen LogP contribution is 2.19. The molecule has 3 rings (SSSR count). The summed E-state index contributed by atoms with van der Waals surface area (Å²) in [7, 11) is 0. The van der Waals surface area contributed by atoms with Crippen molar-refractivity contribution in [3.05, 3.63) is 65.7 Å². The molecule has 2 aromatic rings. The van der Waals surface area contributed by atoms with Gasteiger partial charge in [-0.15, -0.1) is 0 Å². The minimum absolute atomic E-state index is 0.373. The minimum atomic E-state index is -0.900. The first-order chi connectivity index (χ1) is 14.0. The summed E-state index contributed by atoms with van der Waals surface area (Å²) in [4.78, 5) is 26.6. The molecule has 0 saturated carbocycles. The third-order valence-corrected chi connectivity index (χ3v) is 4.76. The topological polar surface area (TPSA) is 67.9 Å². The van der Waals surface area contributed by atoms with Crippen LogP contribution in [-0.2, 0) is 19.1 Å². The van der Waals surface area contributed by atoms with E-state index in [0.717, 1.165) is 43.1 Å². The Labute approximate surface area is 171 Å². The number of morpholine rings is 1. The lowest BCUT2D eigenvalue weighted by Gasteiger charge is -2.28. The van der Waals surface area contributed by atoms with Gasteiger partial charge in [0.1, 0.15) is 0 Å². The van der Waals surface area contributed by atoms with E-state index in [1.165, 1.54) is 6.08 Å². The van der Waals surface area contributed by atoms with Crippen LogP contribution in [0.15, 0.2) is 54.6 Å². The second-order valence-corrected chi connectivity index (χ2v) is 6.90. The standard InChI is InChI=1S/C23H26N2O4/c1-17-5-3-4-6-19(17)7-12-22(26)29-18(2)23(27)24-20-8-10-21(11-9-20)25-13-15-28-16-14-25/h3-12,18H,13-16H2,1-2H3,(H,24,27)/b12-7+/t18-/m0/s1. The number of ether oxygens (including phenoxy) is 2. The maximum absolute atomic E-state index is 12.3. The quantitative estimate of drug-likeness (QED) is 0.601. The number of rotatable bonds is 6. The number of nitrogens with zero attached hydrogens (tertiary/aromatic N) is 1. The molecule has 1 atom stereocenters. The highest BCUT2D eigenvalue weighted by Gasteiger charge is 2.17.